The standard InChI is InChI=1S/C21H25ClFN5O/c1-15-12-19(25-29-15)20-18(21(22)26(2)24-20)14-28-9-3-8-27(10-11-28)13-16-4-6-17(23)7-5-16/h4-7,12H,3,8-11,13-14H2,1-2H3. The van der Waals surface area contributed by atoms with Gasteiger partial charge in [-0.05, 0) is 44.1 Å². The van der Waals surface area contributed by atoms with E-state index in [2.05, 4.69) is 20.1 Å². The number of nitrogens with zero attached hydrogens (tertiary/aromatic N) is 5. The molecular weight excluding hydrogens is 393 g/mol. The molecule has 8 heteroatoms. The fourth-order valence-electron chi connectivity index (χ4n) is 3.78. The molecule has 1 saturated heterocycles. The van der Waals surface area contributed by atoms with Gasteiger partial charge in [-0.25, -0.2) is 4.39 Å². The molecule has 154 valence electrons. The second kappa shape index (κ2) is 8.65. The summed E-state index contributed by atoms with van der Waals surface area (Å²) < 4.78 is 20.0. The lowest BCUT2D eigenvalue weighted by molar-refractivity contribution is 0.247. The molecular formula is C21H25ClFN5O. The molecule has 0 amide bonds. The normalized spacial score (nSPS) is 16.3. The zero-order valence-electron chi connectivity index (χ0n) is 16.7. The van der Waals surface area contributed by atoms with E-state index >= 15 is 0 Å². The maximum atomic E-state index is 13.1. The van der Waals surface area contributed by atoms with Gasteiger partial charge in [0, 0.05) is 44.9 Å². The third kappa shape index (κ3) is 4.69. The molecule has 3 heterocycles. The van der Waals surface area contributed by atoms with Crippen molar-refractivity contribution in [2.24, 2.45) is 7.05 Å². The minimum Gasteiger partial charge on any atom is -0.361 e. The van der Waals surface area contributed by atoms with Crippen molar-refractivity contribution in [3.63, 3.8) is 0 Å². The number of benzene rings is 1. The van der Waals surface area contributed by atoms with Gasteiger partial charge in [0.05, 0.1) is 0 Å². The first-order valence-corrected chi connectivity index (χ1v) is 10.2. The summed E-state index contributed by atoms with van der Waals surface area (Å²) in [5.41, 5.74) is 3.61. The van der Waals surface area contributed by atoms with Crippen LogP contribution in [0.25, 0.3) is 11.4 Å². The lowest BCUT2D eigenvalue weighted by atomic mass is 10.1. The zero-order chi connectivity index (χ0) is 20.4. The minimum atomic E-state index is -0.192. The summed E-state index contributed by atoms with van der Waals surface area (Å²) in [5, 5.41) is 9.30. The number of aryl methyl sites for hydroxylation is 2. The molecule has 2 aromatic heterocycles. The number of hydrogen-bond donors (Lipinski definition) is 0. The van der Waals surface area contributed by atoms with E-state index in [0.29, 0.717) is 10.8 Å². The lowest BCUT2D eigenvalue weighted by Gasteiger charge is -2.22. The predicted octanol–water partition coefficient (Wildman–Crippen LogP) is 3.88. The van der Waals surface area contributed by atoms with Gasteiger partial charge in [-0.3, -0.25) is 14.5 Å². The highest BCUT2D eigenvalue weighted by Crippen LogP contribution is 2.29. The SMILES string of the molecule is Cc1cc(-c2nn(C)c(Cl)c2CN2CCCN(Cc3ccc(F)cc3)CC2)no1. The van der Waals surface area contributed by atoms with E-state index in [0.717, 1.165) is 68.3 Å². The highest BCUT2D eigenvalue weighted by Gasteiger charge is 2.23. The average molecular weight is 418 g/mol. The van der Waals surface area contributed by atoms with E-state index in [1.54, 1.807) is 4.68 Å². The van der Waals surface area contributed by atoms with Crippen LogP contribution in [0.15, 0.2) is 34.9 Å². The van der Waals surface area contributed by atoms with Crippen LogP contribution in [0, 0.1) is 12.7 Å². The van der Waals surface area contributed by atoms with Crippen LogP contribution < -0.4 is 0 Å². The molecule has 0 unspecified atom stereocenters. The fraction of sp³-hybridized carbons (Fsp3) is 0.429. The highest BCUT2D eigenvalue weighted by atomic mass is 35.5. The largest absolute Gasteiger partial charge is 0.361 e. The Morgan fingerprint density at radius 1 is 1.07 bits per heavy atom. The van der Waals surface area contributed by atoms with Gasteiger partial charge < -0.3 is 4.52 Å². The van der Waals surface area contributed by atoms with Crippen LogP contribution in [0.5, 0.6) is 0 Å². The maximum absolute atomic E-state index is 13.1. The predicted molar refractivity (Wildman–Crippen MR) is 110 cm³/mol. The molecule has 0 bridgehead atoms. The molecule has 0 aliphatic carbocycles. The molecule has 4 rings (SSSR count). The highest BCUT2D eigenvalue weighted by molar-refractivity contribution is 6.30. The van der Waals surface area contributed by atoms with Gasteiger partial charge in [-0.2, -0.15) is 5.10 Å². The maximum Gasteiger partial charge on any atom is 0.134 e. The Morgan fingerprint density at radius 2 is 1.76 bits per heavy atom. The summed E-state index contributed by atoms with van der Waals surface area (Å²) >= 11 is 6.55. The van der Waals surface area contributed by atoms with E-state index in [9.17, 15) is 4.39 Å². The topological polar surface area (TPSA) is 50.3 Å². The van der Waals surface area contributed by atoms with Crippen molar-refractivity contribution < 1.29 is 8.91 Å². The van der Waals surface area contributed by atoms with Crippen LogP contribution in [0.4, 0.5) is 4.39 Å². The number of halogens is 2. The van der Waals surface area contributed by atoms with Crippen molar-refractivity contribution in [3.05, 3.63) is 58.2 Å². The Bertz CT molecular complexity index is 968. The van der Waals surface area contributed by atoms with E-state index in [1.807, 2.05) is 32.2 Å². The molecule has 29 heavy (non-hydrogen) atoms. The molecule has 0 atom stereocenters. The molecule has 0 radical (unpaired) electrons. The lowest BCUT2D eigenvalue weighted by Crippen LogP contribution is -2.30. The van der Waals surface area contributed by atoms with Crippen molar-refractivity contribution in [1.29, 1.82) is 0 Å². The zero-order valence-corrected chi connectivity index (χ0v) is 17.5. The number of hydrogen-bond acceptors (Lipinski definition) is 5. The summed E-state index contributed by atoms with van der Waals surface area (Å²) in [6.45, 7) is 7.32. The average Bonchev–Trinajstić information content (AvgIpc) is 3.16. The molecule has 1 aliphatic heterocycles. The van der Waals surface area contributed by atoms with Crippen LogP contribution in [0.1, 0.15) is 23.3 Å². The van der Waals surface area contributed by atoms with Crippen LogP contribution >= 0.6 is 11.6 Å². The summed E-state index contributed by atoms with van der Waals surface area (Å²) in [6.07, 6.45) is 1.07. The van der Waals surface area contributed by atoms with E-state index in [4.69, 9.17) is 16.1 Å². The van der Waals surface area contributed by atoms with Gasteiger partial charge in [-0.15, -0.1) is 0 Å². The van der Waals surface area contributed by atoms with Crippen LogP contribution in [0.2, 0.25) is 5.15 Å². The van der Waals surface area contributed by atoms with Gasteiger partial charge in [0.1, 0.15) is 28.1 Å². The third-order valence-corrected chi connectivity index (χ3v) is 5.79. The molecule has 6 nitrogen and oxygen atoms in total. The Hall–Kier alpha value is -2.22. The molecule has 0 spiro atoms. The molecule has 1 fully saturated rings. The Labute approximate surface area is 174 Å². The van der Waals surface area contributed by atoms with Gasteiger partial charge in [0.25, 0.3) is 0 Å². The summed E-state index contributed by atoms with van der Waals surface area (Å²) in [6, 6.07) is 8.65. The van der Waals surface area contributed by atoms with Crippen molar-refractivity contribution in [2.45, 2.75) is 26.4 Å². The van der Waals surface area contributed by atoms with Crippen molar-refractivity contribution in [1.82, 2.24) is 24.7 Å². The van der Waals surface area contributed by atoms with Crippen LogP contribution in [0.3, 0.4) is 0 Å². The quantitative estimate of drug-likeness (QED) is 0.630. The number of aromatic nitrogens is 3. The Balaban J connectivity index is 1.43. The third-order valence-electron chi connectivity index (χ3n) is 5.32. The number of rotatable bonds is 5. The van der Waals surface area contributed by atoms with Crippen LogP contribution in [-0.4, -0.2) is 50.9 Å². The van der Waals surface area contributed by atoms with Crippen molar-refractivity contribution in [2.75, 3.05) is 26.2 Å². The molecule has 0 N–H and O–H groups in total. The smallest absolute Gasteiger partial charge is 0.134 e. The van der Waals surface area contributed by atoms with Crippen molar-refractivity contribution >= 4 is 11.6 Å². The van der Waals surface area contributed by atoms with Gasteiger partial charge in [0.2, 0.25) is 0 Å². The molecule has 0 saturated carbocycles. The van der Waals surface area contributed by atoms with Crippen LogP contribution in [-0.2, 0) is 20.1 Å². The minimum absolute atomic E-state index is 0.192. The van der Waals surface area contributed by atoms with Gasteiger partial charge >= 0.3 is 0 Å². The first-order valence-electron chi connectivity index (χ1n) is 9.84. The molecule has 1 aliphatic rings. The molecule has 1 aromatic carbocycles. The van der Waals surface area contributed by atoms with Gasteiger partial charge in [-0.1, -0.05) is 28.9 Å². The first-order chi connectivity index (χ1) is 14.0. The summed E-state index contributed by atoms with van der Waals surface area (Å²) in [4.78, 5) is 4.82. The van der Waals surface area contributed by atoms with Crippen molar-refractivity contribution in [3.8, 4) is 11.4 Å². The molecule has 3 aromatic rings. The van der Waals surface area contributed by atoms with E-state index < -0.39 is 0 Å². The Morgan fingerprint density at radius 3 is 2.41 bits per heavy atom. The van der Waals surface area contributed by atoms with E-state index in [-0.39, 0.29) is 5.82 Å². The van der Waals surface area contributed by atoms with Gasteiger partial charge in [0.15, 0.2) is 0 Å². The summed E-state index contributed by atoms with van der Waals surface area (Å²) in [5.74, 6) is 0.557. The monoisotopic (exact) mass is 417 g/mol. The summed E-state index contributed by atoms with van der Waals surface area (Å²) in [7, 11) is 1.84. The Kier molecular flexibility index (Phi) is 5.99. The fourth-order valence-corrected chi connectivity index (χ4v) is 3.97. The second-order valence-electron chi connectivity index (χ2n) is 7.60. The first kappa shape index (κ1) is 20.1. The second-order valence-corrected chi connectivity index (χ2v) is 7.95. The van der Waals surface area contributed by atoms with E-state index in [1.165, 1.54) is 12.1 Å².